The lowest BCUT2D eigenvalue weighted by Crippen LogP contribution is -2.62. The number of thiophene rings is 1. The first-order valence-electron chi connectivity index (χ1n) is 18.5. The molecule has 1 aromatic carbocycles. The lowest BCUT2D eigenvalue weighted by atomic mass is 9.73. The van der Waals surface area contributed by atoms with E-state index in [1.807, 2.05) is 44.4 Å². The second-order valence-corrected chi connectivity index (χ2v) is 17.6. The molecule has 1 saturated heterocycles. The van der Waals surface area contributed by atoms with E-state index < -0.39 is 17.5 Å². The number of phenolic OH excluding ortho intramolecular Hbond substituents is 1. The fourth-order valence-electron chi connectivity index (χ4n) is 7.47. The number of nitrogens with zero attached hydrogens (tertiary/aromatic N) is 1. The van der Waals surface area contributed by atoms with Gasteiger partial charge in [-0.25, -0.2) is 4.79 Å². The molecule has 9 heteroatoms. The molecule has 1 N–H and O–H groups in total. The number of ketones is 1. The molecular weight excluding hydrogens is 679 g/mol. The molecule has 0 radical (unpaired) electrons. The summed E-state index contributed by atoms with van der Waals surface area (Å²) in [5.41, 5.74) is 4.74. The first kappa shape index (κ1) is 38.9. The highest BCUT2D eigenvalue weighted by atomic mass is 32.2. The highest BCUT2D eigenvalue weighted by molar-refractivity contribution is 8.00. The van der Waals surface area contributed by atoms with E-state index >= 15 is 0 Å². The number of carbonyl (C=O) groups is 3. The van der Waals surface area contributed by atoms with Gasteiger partial charge in [-0.1, -0.05) is 49.6 Å². The van der Waals surface area contributed by atoms with Crippen LogP contribution in [0.2, 0.25) is 0 Å². The Kier molecular flexibility index (Phi) is 13.0. The minimum absolute atomic E-state index is 0.0216. The summed E-state index contributed by atoms with van der Waals surface area (Å²) in [5, 5.41) is 13.2. The van der Waals surface area contributed by atoms with Crippen molar-refractivity contribution in [2.45, 2.75) is 123 Å². The number of unbranched alkanes of at least 4 members (excludes halogenated alkanes) is 2. The van der Waals surface area contributed by atoms with E-state index in [1.165, 1.54) is 5.57 Å². The van der Waals surface area contributed by atoms with Gasteiger partial charge in [0.2, 0.25) is 5.91 Å². The summed E-state index contributed by atoms with van der Waals surface area (Å²) >= 11 is 3.16. The number of thioether (sulfide) groups is 1. The number of rotatable bonds is 16. The normalized spacial score (nSPS) is 21.9. The van der Waals surface area contributed by atoms with Gasteiger partial charge < -0.3 is 14.6 Å². The highest BCUT2D eigenvalue weighted by Gasteiger charge is 2.54. The Bertz CT molecular complexity index is 1670. The quantitative estimate of drug-likeness (QED) is 0.0795. The van der Waals surface area contributed by atoms with Crippen molar-refractivity contribution in [3.63, 3.8) is 0 Å². The molecule has 1 aliphatic carbocycles. The molecule has 3 aliphatic rings. The van der Waals surface area contributed by atoms with Crippen molar-refractivity contribution in [1.82, 2.24) is 4.90 Å². The first-order chi connectivity index (χ1) is 24.3. The number of carbonyl (C=O) groups excluding carboxylic acids is 3. The average Bonchev–Trinajstić information content (AvgIpc) is 3.57. The number of benzene rings is 1. The van der Waals surface area contributed by atoms with Crippen LogP contribution < -0.4 is 4.74 Å². The molecule has 276 valence electrons. The van der Waals surface area contributed by atoms with E-state index in [0.717, 1.165) is 65.7 Å². The summed E-state index contributed by atoms with van der Waals surface area (Å²) in [4.78, 5) is 42.7. The number of esters is 1. The minimum atomic E-state index is -0.726. The van der Waals surface area contributed by atoms with Crippen molar-refractivity contribution in [2.24, 2.45) is 11.8 Å². The van der Waals surface area contributed by atoms with E-state index in [1.54, 1.807) is 28.0 Å². The Labute approximate surface area is 312 Å². The third-order valence-electron chi connectivity index (χ3n) is 9.99. The zero-order valence-electron chi connectivity index (χ0n) is 31.2. The molecule has 1 fully saturated rings. The Morgan fingerprint density at radius 3 is 2.61 bits per heavy atom. The molecule has 3 heterocycles. The maximum Gasteiger partial charge on any atom is 0.355 e. The number of allylic oxidation sites excluding steroid dienone is 3. The van der Waals surface area contributed by atoms with Crippen molar-refractivity contribution in [1.29, 1.82) is 0 Å². The van der Waals surface area contributed by atoms with Crippen LogP contribution in [-0.4, -0.2) is 51.0 Å². The fourth-order valence-corrected chi connectivity index (χ4v) is 9.66. The van der Waals surface area contributed by atoms with Crippen LogP contribution in [0.4, 0.5) is 0 Å². The van der Waals surface area contributed by atoms with Crippen molar-refractivity contribution in [3.05, 3.63) is 80.7 Å². The topological polar surface area (TPSA) is 93.1 Å². The van der Waals surface area contributed by atoms with E-state index in [-0.39, 0.29) is 41.1 Å². The van der Waals surface area contributed by atoms with Crippen molar-refractivity contribution < 1.29 is 29.0 Å². The maximum absolute atomic E-state index is 13.6. The predicted octanol–water partition coefficient (Wildman–Crippen LogP) is 9.69. The van der Waals surface area contributed by atoms with E-state index in [2.05, 4.69) is 39.5 Å². The number of hydrogen-bond acceptors (Lipinski definition) is 8. The predicted molar refractivity (Wildman–Crippen MR) is 207 cm³/mol. The van der Waals surface area contributed by atoms with Crippen molar-refractivity contribution >= 4 is 40.8 Å². The molecule has 1 aromatic heterocycles. The van der Waals surface area contributed by atoms with Crippen LogP contribution in [0.25, 0.3) is 0 Å². The van der Waals surface area contributed by atoms with Gasteiger partial charge in [-0.2, -0.15) is 0 Å². The number of ether oxygens (including phenoxy) is 2. The lowest BCUT2D eigenvalue weighted by Gasteiger charge is -2.50. The van der Waals surface area contributed by atoms with Gasteiger partial charge in [0.25, 0.3) is 0 Å². The second-order valence-electron chi connectivity index (χ2n) is 15.4. The molecule has 0 bridgehead atoms. The number of amides is 1. The van der Waals surface area contributed by atoms with Crippen LogP contribution >= 0.6 is 23.1 Å². The number of Topliss-reactive ketones (excluding diaryl/α,β-unsaturated/α-hetero) is 1. The summed E-state index contributed by atoms with van der Waals surface area (Å²) < 4.78 is 12.4. The average molecular weight is 734 g/mol. The molecule has 0 unspecified atom stereocenters. The molecule has 2 aromatic rings. The van der Waals surface area contributed by atoms with Crippen LogP contribution in [-0.2, 0) is 32.0 Å². The zero-order valence-corrected chi connectivity index (χ0v) is 32.9. The summed E-state index contributed by atoms with van der Waals surface area (Å²) in [5.74, 6) is 0.640. The molecule has 1 amide bonds. The standard InChI is InChI=1S/C42H55NO6S2/c1-8-9-10-13-28-21-35(45)37(33-20-27(4)16-17-32(33)26(2)3)36(22-28)48-18-11-14-29-25-51-40-34(24-30(44)23-31-15-12-19-50-31)39(46)43(40)38(29)41(47)49-42(5,6)7/h12,15,19-22,32-34,40,45H,2,8-11,13-14,16-18,23-25H2,1,3-7H3/t32-,33+,34+,40+/m0/s1. The number of aryl methyl sites for hydroxylation is 1. The summed E-state index contributed by atoms with van der Waals surface area (Å²) in [6.45, 7) is 16.5. The number of aromatic hydroxyl groups is 1. The molecule has 5 rings (SSSR count). The molecule has 0 saturated carbocycles. The van der Waals surface area contributed by atoms with Gasteiger partial charge in [-0.3, -0.25) is 14.5 Å². The Morgan fingerprint density at radius 2 is 1.92 bits per heavy atom. The van der Waals surface area contributed by atoms with Crippen LogP contribution in [0.15, 0.2) is 64.7 Å². The fraction of sp³-hybridized carbons (Fsp3) is 0.548. The van der Waals surface area contributed by atoms with Crippen molar-refractivity contribution in [3.8, 4) is 11.5 Å². The van der Waals surface area contributed by atoms with Crippen molar-refractivity contribution in [2.75, 3.05) is 12.4 Å². The van der Waals surface area contributed by atoms with E-state index in [9.17, 15) is 19.5 Å². The van der Waals surface area contributed by atoms with Gasteiger partial charge in [-0.15, -0.1) is 23.1 Å². The third kappa shape index (κ3) is 9.58. The monoisotopic (exact) mass is 733 g/mol. The molecular formula is C42H55NO6S2. The third-order valence-corrected chi connectivity index (χ3v) is 12.3. The van der Waals surface area contributed by atoms with Gasteiger partial charge in [-0.05, 0) is 114 Å². The van der Waals surface area contributed by atoms with Gasteiger partial charge in [0.05, 0.1) is 17.9 Å². The van der Waals surface area contributed by atoms with Crippen LogP contribution in [0.3, 0.4) is 0 Å². The van der Waals surface area contributed by atoms with Crippen LogP contribution in [0, 0.1) is 11.8 Å². The van der Waals surface area contributed by atoms with Gasteiger partial charge in [0.1, 0.15) is 28.6 Å². The Morgan fingerprint density at radius 1 is 1.14 bits per heavy atom. The minimum Gasteiger partial charge on any atom is -0.507 e. The van der Waals surface area contributed by atoms with E-state index in [4.69, 9.17) is 9.47 Å². The highest BCUT2D eigenvalue weighted by Crippen LogP contribution is 2.48. The van der Waals surface area contributed by atoms with Gasteiger partial charge in [0, 0.05) is 35.0 Å². The maximum atomic E-state index is 13.6. The summed E-state index contributed by atoms with van der Waals surface area (Å²) in [6.07, 6.45) is 10.1. The summed E-state index contributed by atoms with van der Waals surface area (Å²) in [7, 11) is 0. The van der Waals surface area contributed by atoms with Crippen LogP contribution in [0.1, 0.15) is 115 Å². The number of hydrogen-bond donors (Lipinski definition) is 1. The number of fused-ring (bicyclic) bond motifs is 1. The lowest BCUT2D eigenvalue weighted by molar-refractivity contribution is -0.161. The van der Waals surface area contributed by atoms with E-state index in [0.29, 0.717) is 43.1 Å². The van der Waals surface area contributed by atoms with Gasteiger partial charge >= 0.3 is 5.97 Å². The number of β-lactam (4-membered cyclic amide) rings is 1. The van der Waals surface area contributed by atoms with Crippen LogP contribution in [0.5, 0.6) is 11.5 Å². The Hall–Kier alpha value is -3.30. The largest absolute Gasteiger partial charge is 0.507 e. The molecule has 4 atom stereocenters. The zero-order chi connectivity index (χ0) is 36.9. The first-order valence-corrected chi connectivity index (χ1v) is 20.5. The molecule has 51 heavy (non-hydrogen) atoms. The van der Waals surface area contributed by atoms with Gasteiger partial charge in [0.15, 0.2) is 0 Å². The second kappa shape index (κ2) is 17.0. The molecule has 7 nitrogen and oxygen atoms in total. The molecule has 2 aliphatic heterocycles. The Balaban J connectivity index is 1.34. The smallest absolute Gasteiger partial charge is 0.355 e. The SMILES string of the molecule is C=C(C)[C@@H]1CCC(C)=C[C@H]1c1c(O)cc(CCCCC)cc1OCCCC1=C(C(=O)OC(C)(C)C)N2C(=O)[C@@H](CC(=O)Cc3cccs3)[C@H]2SC1. The number of phenols is 1. The summed E-state index contributed by atoms with van der Waals surface area (Å²) in [6, 6.07) is 7.87. The molecule has 0 spiro atoms.